The van der Waals surface area contributed by atoms with Crippen LogP contribution in [0.25, 0.3) is 5.82 Å². The quantitative estimate of drug-likeness (QED) is 0.722. The highest BCUT2D eigenvalue weighted by Gasteiger charge is 2.21. The van der Waals surface area contributed by atoms with E-state index in [2.05, 4.69) is 10.4 Å². The molecule has 1 aromatic carbocycles. The summed E-state index contributed by atoms with van der Waals surface area (Å²) in [5, 5.41) is 7.53. The number of amides is 1. The number of nitrogens with one attached hydrogen (secondary N) is 1. The second kappa shape index (κ2) is 7.36. The highest BCUT2D eigenvalue weighted by Crippen LogP contribution is 2.36. The van der Waals surface area contributed by atoms with Crippen LogP contribution in [0.4, 0.5) is 5.69 Å². The predicted octanol–water partition coefficient (Wildman–Crippen LogP) is 3.75. The fourth-order valence-electron chi connectivity index (χ4n) is 3.01. The van der Waals surface area contributed by atoms with Gasteiger partial charge in [0.1, 0.15) is 22.9 Å². The van der Waals surface area contributed by atoms with Crippen LogP contribution in [0.15, 0.2) is 30.5 Å². The van der Waals surface area contributed by atoms with Gasteiger partial charge in [-0.3, -0.25) is 9.48 Å². The lowest BCUT2D eigenvalue weighted by molar-refractivity contribution is 0.102. The van der Waals surface area contributed by atoms with Crippen LogP contribution in [0.1, 0.15) is 21.7 Å². The third-order valence-electron chi connectivity index (χ3n) is 4.36. The molecule has 0 spiro atoms. The molecule has 0 radical (unpaired) electrons. The Hall–Kier alpha value is -2.93. The minimum Gasteiger partial charge on any atom is -0.495 e. The molecule has 0 aliphatic heterocycles. The molecule has 0 aliphatic rings. The van der Waals surface area contributed by atoms with E-state index < -0.39 is 0 Å². The minimum absolute atomic E-state index is 0.312. The number of aromatic nitrogens is 3. The van der Waals surface area contributed by atoms with E-state index in [0.717, 1.165) is 11.4 Å². The van der Waals surface area contributed by atoms with Gasteiger partial charge < -0.3 is 19.4 Å². The van der Waals surface area contributed by atoms with E-state index in [0.29, 0.717) is 33.6 Å². The van der Waals surface area contributed by atoms with Gasteiger partial charge >= 0.3 is 0 Å². The van der Waals surface area contributed by atoms with E-state index in [9.17, 15) is 4.79 Å². The number of methoxy groups -OCH3 is 2. The van der Waals surface area contributed by atoms with Gasteiger partial charge in [0, 0.05) is 30.6 Å². The van der Waals surface area contributed by atoms with Crippen molar-refractivity contribution in [1.29, 1.82) is 0 Å². The van der Waals surface area contributed by atoms with Gasteiger partial charge in [-0.2, -0.15) is 5.10 Å². The molecule has 8 heteroatoms. The molecule has 27 heavy (non-hydrogen) atoms. The SMILES string of the molecule is COc1cc(NC(=O)c2cnn(C)c2-n2c(C)ccc2C)c(OC)cc1Cl. The summed E-state index contributed by atoms with van der Waals surface area (Å²) in [6.07, 6.45) is 1.54. The van der Waals surface area contributed by atoms with Crippen molar-refractivity contribution in [2.45, 2.75) is 13.8 Å². The molecular formula is C19H21ClN4O3. The molecule has 0 fully saturated rings. The van der Waals surface area contributed by atoms with E-state index >= 15 is 0 Å². The minimum atomic E-state index is -0.312. The summed E-state index contributed by atoms with van der Waals surface area (Å²) < 4.78 is 14.2. The second-order valence-corrected chi connectivity index (χ2v) is 6.51. The van der Waals surface area contributed by atoms with Crippen LogP contribution in [0.2, 0.25) is 5.02 Å². The molecule has 1 amide bonds. The fraction of sp³-hybridized carbons (Fsp3) is 0.263. The number of nitrogens with zero attached hydrogens (tertiary/aromatic N) is 3. The summed E-state index contributed by atoms with van der Waals surface area (Å²) in [6, 6.07) is 7.22. The Labute approximate surface area is 162 Å². The predicted molar refractivity (Wildman–Crippen MR) is 105 cm³/mol. The zero-order valence-electron chi connectivity index (χ0n) is 15.8. The zero-order chi connectivity index (χ0) is 19.7. The van der Waals surface area contributed by atoms with Gasteiger partial charge in [-0.1, -0.05) is 11.6 Å². The van der Waals surface area contributed by atoms with Crippen molar-refractivity contribution < 1.29 is 14.3 Å². The van der Waals surface area contributed by atoms with Gasteiger partial charge in [-0.25, -0.2) is 0 Å². The van der Waals surface area contributed by atoms with Crippen molar-refractivity contribution in [2.75, 3.05) is 19.5 Å². The number of carbonyl (C=O) groups excluding carboxylic acids is 1. The van der Waals surface area contributed by atoms with Gasteiger partial charge in [0.25, 0.3) is 5.91 Å². The number of halogens is 1. The van der Waals surface area contributed by atoms with Crippen LogP contribution >= 0.6 is 11.6 Å². The second-order valence-electron chi connectivity index (χ2n) is 6.10. The summed E-state index contributed by atoms with van der Waals surface area (Å²) in [4.78, 5) is 13.0. The van der Waals surface area contributed by atoms with Gasteiger partial charge in [0.05, 0.1) is 31.1 Å². The molecule has 3 aromatic rings. The Morgan fingerprint density at radius 3 is 2.33 bits per heavy atom. The largest absolute Gasteiger partial charge is 0.495 e. The molecule has 0 atom stereocenters. The molecule has 7 nitrogen and oxygen atoms in total. The summed E-state index contributed by atoms with van der Waals surface area (Å²) >= 11 is 6.13. The first-order chi connectivity index (χ1) is 12.9. The van der Waals surface area contributed by atoms with Gasteiger partial charge in [-0.05, 0) is 26.0 Å². The molecule has 0 saturated heterocycles. The third kappa shape index (κ3) is 3.38. The summed E-state index contributed by atoms with van der Waals surface area (Å²) in [5.41, 5.74) is 2.92. The topological polar surface area (TPSA) is 70.3 Å². The van der Waals surface area contributed by atoms with E-state index in [1.165, 1.54) is 14.2 Å². The van der Waals surface area contributed by atoms with Crippen LogP contribution in [0.3, 0.4) is 0 Å². The summed E-state index contributed by atoms with van der Waals surface area (Å²) in [5.74, 6) is 1.25. The molecule has 0 saturated carbocycles. The molecule has 142 valence electrons. The van der Waals surface area contributed by atoms with Crippen LogP contribution in [0.5, 0.6) is 11.5 Å². The lowest BCUT2D eigenvalue weighted by Gasteiger charge is -2.15. The van der Waals surface area contributed by atoms with Crippen LogP contribution in [-0.4, -0.2) is 34.5 Å². The maximum atomic E-state index is 13.0. The number of hydrogen-bond acceptors (Lipinski definition) is 4. The number of aryl methyl sites for hydroxylation is 3. The lowest BCUT2D eigenvalue weighted by Crippen LogP contribution is -2.17. The number of carbonyl (C=O) groups is 1. The number of anilines is 1. The summed E-state index contributed by atoms with van der Waals surface area (Å²) in [6.45, 7) is 3.96. The van der Waals surface area contributed by atoms with Crippen molar-refractivity contribution in [1.82, 2.24) is 14.3 Å². The molecule has 0 bridgehead atoms. The number of ether oxygens (including phenoxy) is 2. The van der Waals surface area contributed by atoms with Crippen molar-refractivity contribution in [3.63, 3.8) is 0 Å². The highest BCUT2D eigenvalue weighted by atomic mass is 35.5. The van der Waals surface area contributed by atoms with Crippen molar-refractivity contribution >= 4 is 23.2 Å². The molecular weight excluding hydrogens is 368 g/mol. The molecule has 3 rings (SSSR count). The average molecular weight is 389 g/mol. The normalized spacial score (nSPS) is 10.7. The Morgan fingerprint density at radius 1 is 1.11 bits per heavy atom. The van der Waals surface area contributed by atoms with Crippen molar-refractivity contribution in [3.8, 4) is 17.3 Å². The smallest absolute Gasteiger partial charge is 0.261 e. The first-order valence-corrected chi connectivity index (χ1v) is 8.65. The molecule has 0 aliphatic carbocycles. The zero-order valence-corrected chi connectivity index (χ0v) is 16.6. The van der Waals surface area contributed by atoms with Gasteiger partial charge in [-0.15, -0.1) is 0 Å². The lowest BCUT2D eigenvalue weighted by atomic mass is 10.2. The Kier molecular flexibility index (Phi) is 5.14. The van der Waals surface area contributed by atoms with Crippen LogP contribution in [-0.2, 0) is 7.05 Å². The van der Waals surface area contributed by atoms with Crippen molar-refractivity contribution in [2.24, 2.45) is 7.05 Å². The standard InChI is InChI=1S/C19H21ClN4O3/c1-11-6-7-12(2)24(11)19-13(10-21-23(19)3)18(25)22-15-9-16(26-4)14(20)8-17(15)27-5/h6-10H,1-5H3,(H,22,25). The molecule has 1 N–H and O–H groups in total. The van der Waals surface area contributed by atoms with Crippen molar-refractivity contribution in [3.05, 3.63) is 52.4 Å². The van der Waals surface area contributed by atoms with Crippen LogP contribution in [0, 0.1) is 13.8 Å². The Morgan fingerprint density at radius 2 is 1.74 bits per heavy atom. The Bertz CT molecular complexity index is 987. The summed E-state index contributed by atoms with van der Waals surface area (Å²) in [7, 11) is 4.82. The van der Waals surface area contributed by atoms with E-state index in [4.69, 9.17) is 21.1 Å². The number of benzene rings is 1. The van der Waals surface area contributed by atoms with Gasteiger partial charge in [0.2, 0.25) is 0 Å². The van der Waals surface area contributed by atoms with Crippen LogP contribution < -0.4 is 14.8 Å². The first-order valence-electron chi connectivity index (χ1n) is 8.27. The Balaban J connectivity index is 2.02. The van der Waals surface area contributed by atoms with E-state index in [1.807, 2.05) is 30.5 Å². The third-order valence-corrected chi connectivity index (χ3v) is 4.65. The maximum absolute atomic E-state index is 13.0. The molecule has 0 unspecified atom stereocenters. The average Bonchev–Trinajstić information content (AvgIpc) is 3.17. The van der Waals surface area contributed by atoms with E-state index in [1.54, 1.807) is 30.1 Å². The highest BCUT2D eigenvalue weighted by molar-refractivity contribution is 6.32. The first kappa shape index (κ1) is 18.8. The van der Waals surface area contributed by atoms with Gasteiger partial charge in [0.15, 0.2) is 0 Å². The molecule has 2 aromatic heterocycles. The number of rotatable bonds is 5. The maximum Gasteiger partial charge on any atom is 0.261 e. The van der Waals surface area contributed by atoms with E-state index in [-0.39, 0.29) is 5.91 Å². The monoisotopic (exact) mass is 388 g/mol. The fourth-order valence-corrected chi connectivity index (χ4v) is 3.24. The number of hydrogen-bond donors (Lipinski definition) is 1. The molecule has 2 heterocycles.